The molecular formula is C11H17BrINO2. The number of benzene rings is 1. The number of rotatable bonds is 4. The van der Waals surface area contributed by atoms with Crippen LogP contribution in [0.5, 0.6) is 11.5 Å². The molecular weight excluding hydrogens is 385 g/mol. The third-order valence-electron chi connectivity index (χ3n) is 2.10. The first kappa shape index (κ1) is 16.0. The highest BCUT2D eigenvalue weighted by atomic mass is 127. The first-order valence-electron chi connectivity index (χ1n) is 4.74. The van der Waals surface area contributed by atoms with Gasteiger partial charge in [-0.3, -0.25) is 0 Å². The average Bonchev–Trinajstić information content (AvgIpc) is 2.19. The second-order valence-corrected chi connectivity index (χ2v) is 4.64. The Balaban J connectivity index is 0.00000225. The van der Waals surface area contributed by atoms with Crippen LogP contribution in [0.4, 0.5) is 0 Å². The molecule has 0 aromatic heterocycles. The van der Waals surface area contributed by atoms with Gasteiger partial charge in [0.15, 0.2) is 0 Å². The topological polar surface area (TPSA) is 44.5 Å². The van der Waals surface area contributed by atoms with Crippen LogP contribution >= 0.6 is 39.6 Å². The molecule has 0 saturated carbocycles. The summed E-state index contributed by atoms with van der Waals surface area (Å²) < 4.78 is 11.6. The van der Waals surface area contributed by atoms with Crippen LogP contribution in [0.25, 0.3) is 0 Å². The Morgan fingerprint density at radius 1 is 1.25 bits per heavy atom. The molecule has 0 radical (unpaired) electrons. The van der Waals surface area contributed by atoms with E-state index in [0.29, 0.717) is 0 Å². The van der Waals surface area contributed by atoms with Crippen molar-refractivity contribution in [2.24, 2.45) is 5.73 Å². The Morgan fingerprint density at radius 3 is 2.25 bits per heavy atom. The summed E-state index contributed by atoms with van der Waals surface area (Å²) in [5, 5.41) is 0. The Labute approximate surface area is 121 Å². The molecule has 0 aliphatic carbocycles. The van der Waals surface area contributed by atoms with Crippen molar-refractivity contribution in [1.82, 2.24) is 0 Å². The third-order valence-corrected chi connectivity index (χ3v) is 2.94. The van der Waals surface area contributed by atoms with Crippen LogP contribution in [0.3, 0.4) is 0 Å². The normalized spacial score (nSPS) is 11.6. The maximum atomic E-state index is 5.78. The van der Waals surface area contributed by atoms with E-state index in [1.54, 1.807) is 14.2 Å². The van der Waals surface area contributed by atoms with Gasteiger partial charge in [-0.2, -0.15) is 0 Å². The number of hydrogen-bond acceptors (Lipinski definition) is 3. The number of halogens is 2. The first-order valence-corrected chi connectivity index (χ1v) is 5.82. The summed E-state index contributed by atoms with van der Waals surface area (Å²) in [6, 6.07) is 4.07. The van der Waals surface area contributed by atoms with Crippen molar-refractivity contribution in [2.45, 2.75) is 19.4 Å². The summed E-state index contributed by atoms with van der Waals surface area (Å²) in [6.45, 7) is 1.98. The molecule has 16 heavy (non-hydrogen) atoms. The maximum absolute atomic E-state index is 5.78. The van der Waals surface area contributed by atoms with Gasteiger partial charge in [-0.25, -0.2) is 0 Å². The van der Waals surface area contributed by atoms with Crippen LogP contribution < -0.4 is 15.2 Å². The molecule has 0 aliphatic heterocycles. The number of hydrogen-bond donors (Lipinski definition) is 1. The lowest BCUT2D eigenvalue weighted by atomic mass is 10.1. The first-order chi connectivity index (χ1) is 7.08. The zero-order valence-corrected chi connectivity index (χ0v) is 13.5. The van der Waals surface area contributed by atoms with E-state index in [9.17, 15) is 0 Å². The smallest absolute Gasteiger partial charge is 0.132 e. The molecule has 5 heteroatoms. The van der Waals surface area contributed by atoms with Crippen LogP contribution in [-0.2, 0) is 6.42 Å². The van der Waals surface area contributed by atoms with E-state index in [4.69, 9.17) is 15.2 Å². The van der Waals surface area contributed by atoms with E-state index in [-0.39, 0.29) is 23.0 Å². The minimum Gasteiger partial charge on any atom is -0.496 e. The van der Waals surface area contributed by atoms with Gasteiger partial charge < -0.3 is 15.2 Å². The summed E-state index contributed by atoms with van der Waals surface area (Å²) in [5.41, 5.74) is 6.87. The molecule has 2 N–H and O–H groups in total. The van der Waals surface area contributed by atoms with E-state index >= 15 is 0 Å². The van der Waals surface area contributed by atoms with Crippen LogP contribution in [0, 0.1) is 3.57 Å². The van der Waals surface area contributed by atoms with Gasteiger partial charge in [0.1, 0.15) is 11.5 Å². The van der Waals surface area contributed by atoms with Gasteiger partial charge in [0.25, 0.3) is 0 Å². The van der Waals surface area contributed by atoms with Crippen molar-refractivity contribution in [3.05, 3.63) is 21.3 Å². The quantitative estimate of drug-likeness (QED) is 0.789. The third kappa shape index (κ3) is 4.10. The molecule has 0 aliphatic rings. The minimum absolute atomic E-state index is 0. The predicted octanol–water partition coefficient (Wildman–Crippen LogP) is 2.78. The Bertz CT molecular complexity index is 345. The van der Waals surface area contributed by atoms with Gasteiger partial charge in [-0.15, -0.1) is 17.0 Å². The van der Waals surface area contributed by atoms with Gasteiger partial charge in [-0.1, -0.05) is 0 Å². The molecule has 1 atom stereocenters. The molecule has 1 rings (SSSR count). The Morgan fingerprint density at radius 2 is 1.81 bits per heavy atom. The van der Waals surface area contributed by atoms with Crippen molar-refractivity contribution in [3.8, 4) is 11.5 Å². The summed E-state index contributed by atoms with van der Waals surface area (Å²) >= 11 is 2.22. The van der Waals surface area contributed by atoms with Gasteiger partial charge in [-0.05, 0) is 53.6 Å². The molecule has 3 nitrogen and oxygen atoms in total. The second kappa shape index (κ2) is 7.34. The van der Waals surface area contributed by atoms with E-state index in [2.05, 4.69) is 22.6 Å². The molecule has 1 unspecified atom stereocenters. The van der Waals surface area contributed by atoms with E-state index < -0.39 is 0 Å². The molecule has 1 aromatic rings. The summed E-state index contributed by atoms with van der Waals surface area (Å²) in [6.07, 6.45) is 0.788. The number of ether oxygens (including phenoxy) is 2. The van der Waals surface area contributed by atoms with E-state index in [1.165, 1.54) is 0 Å². The molecule has 0 fully saturated rings. The van der Waals surface area contributed by atoms with Gasteiger partial charge in [0.05, 0.1) is 17.8 Å². The predicted molar refractivity (Wildman–Crippen MR) is 79.9 cm³/mol. The summed E-state index contributed by atoms with van der Waals surface area (Å²) in [5.74, 6) is 1.74. The van der Waals surface area contributed by atoms with Crippen LogP contribution in [0.2, 0.25) is 0 Å². The van der Waals surface area contributed by atoms with Crippen molar-refractivity contribution in [3.63, 3.8) is 0 Å². The van der Waals surface area contributed by atoms with Crippen LogP contribution in [0.15, 0.2) is 12.1 Å². The highest BCUT2D eigenvalue weighted by Gasteiger charge is 2.10. The lowest BCUT2D eigenvalue weighted by molar-refractivity contribution is 0.395. The van der Waals surface area contributed by atoms with Crippen molar-refractivity contribution < 1.29 is 9.47 Å². The Hall–Kier alpha value is -0.0100. The molecule has 0 bridgehead atoms. The van der Waals surface area contributed by atoms with Crippen molar-refractivity contribution in [2.75, 3.05) is 14.2 Å². The van der Waals surface area contributed by atoms with Gasteiger partial charge in [0.2, 0.25) is 0 Å². The lowest BCUT2D eigenvalue weighted by Gasteiger charge is -2.13. The number of methoxy groups -OCH3 is 2. The van der Waals surface area contributed by atoms with E-state index in [0.717, 1.165) is 27.1 Å². The van der Waals surface area contributed by atoms with E-state index in [1.807, 2.05) is 19.1 Å². The number of nitrogens with two attached hydrogens (primary N) is 1. The molecule has 0 saturated heterocycles. The van der Waals surface area contributed by atoms with Crippen LogP contribution in [0.1, 0.15) is 12.5 Å². The summed E-state index contributed by atoms with van der Waals surface area (Å²) in [7, 11) is 3.34. The zero-order chi connectivity index (χ0) is 11.4. The molecule has 0 heterocycles. The second-order valence-electron chi connectivity index (χ2n) is 3.48. The molecule has 0 amide bonds. The minimum atomic E-state index is 0. The molecule has 92 valence electrons. The van der Waals surface area contributed by atoms with Gasteiger partial charge in [0, 0.05) is 6.04 Å². The fourth-order valence-corrected chi connectivity index (χ4v) is 2.09. The highest BCUT2D eigenvalue weighted by molar-refractivity contribution is 14.1. The molecule has 1 aromatic carbocycles. The largest absolute Gasteiger partial charge is 0.496 e. The van der Waals surface area contributed by atoms with Crippen molar-refractivity contribution in [1.29, 1.82) is 0 Å². The van der Waals surface area contributed by atoms with Crippen LogP contribution in [-0.4, -0.2) is 20.3 Å². The zero-order valence-electron chi connectivity index (χ0n) is 9.62. The fourth-order valence-electron chi connectivity index (χ4n) is 1.43. The lowest BCUT2D eigenvalue weighted by Crippen LogP contribution is -2.18. The van der Waals surface area contributed by atoms with Crippen molar-refractivity contribution >= 4 is 39.6 Å². The SMILES string of the molecule is Br.COc1cc(CC(C)N)c(OC)cc1I. The highest BCUT2D eigenvalue weighted by Crippen LogP contribution is 2.30. The monoisotopic (exact) mass is 401 g/mol. The average molecular weight is 402 g/mol. The Kier molecular flexibility index (Phi) is 7.34. The van der Waals surface area contributed by atoms with Gasteiger partial charge >= 0.3 is 0 Å². The standard InChI is InChI=1S/C11H16INO2.BrH/c1-7(13)4-8-5-11(15-3)9(12)6-10(8)14-2;/h5-7H,4,13H2,1-3H3;1H. The maximum Gasteiger partial charge on any atom is 0.132 e. The molecule has 0 spiro atoms. The fraction of sp³-hybridized carbons (Fsp3) is 0.455. The summed E-state index contributed by atoms with van der Waals surface area (Å²) in [4.78, 5) is 0.